The van der Waals surface area contributed by atoms with Gasteiger partial charge in [-0.3, -0.25) is 4.79 Å². The van der Waals surface area contributed by atoms with E-state index in [0.29, 0.717) is 50.7 Å². The molecule has 3 aliphatic rings. The number of aromatic nitrogens is 3. The Labute approximate surface area is 343 Å². The number of terminal acetylenes is 1. The monoisotopic (exact) mass is 841 g/mol. The van der Waals surface area contributed by atoms with E-state index >= 15 is 8.78 Å². The molecule has 13 nitrogen and oxygen atoms in total. The molecular weight excluding hydrogens is 793 g/mol. The molecule has 2 aliphatic heterocycles. The Morgan fingerprint density at radius 1 is 1.08 bits per heavy atom. The van der Waals surface area contributed by atoms with Gasteiger partial charge in [0.1, 0.15) is 40.2 Å². The molecule has 1 aliphatic carbocycles. The molecule has 2 atom stereocenters. The van der Waals surface area contributed by atoms with Gasteiger partial charge in [-0.25, -0.2) is 31.7 Å². The van der Waals surface area contributed by atoms with Crippen LogP contribution < -0.4 is 19.7 Å². The van der Waals surface area contributed by atoms with E-state index in [0.717, 1.165) is 12.8 Å². The molecule has 2 aromatic carbocycles. The molecule has 2 unspecified atom stereocenters. The Bertz CT molecular complexity index is 2240. The number of piperazine rings is 1. The minimum Gasteiger partial charge on any atom is -0.508 e. The van der Waals surface area contributed by atoms with E-state index in [2.05, 4.69) is 26.1 Å². The lowest BCUT2D eigenvalue weighted by atomic mass is 9.95. The van der Waals surface area contributed by atoms with Gasteiger partial charge in [-0.2, -0.15) is 9.97 Å². The Hall–Kier alpha value is -5.70. The van der Waals surface area contributed by atoms with E-state index in [-0.39, 0.29) is 88.2 Å². The number of anilines is 1. The third-order valence-corrected chi connectivity index (χ3v) is 11.4. The van der Waals surface area contributed by atoms with Gasteiger partial charge in [-0.05, 0) is 62.1 Å². The van der Waals surface area contributed by atoms with Crippen LogP contribution in [0.3, 0.4) is 0 Å². The minimum absolute atomic E-state index is 0.00674. The summed E-state index contributed by atoms with van der Waals surface area (Å²) >= 11 is 0. The fraction of sp³-hybridized carbons (Fsp3) is 0.500. The Morgan fingerprint density at radius 3 is 2.33 bits per heavy atom. The van der Waals surface area contributed by atoms with Crippen LogP contribution in [0.5, 0.6) is 17.6 Å². The van der Waals surface area contributed by atoms with E-state index in [1.54, 1.807) is 4.90 Å². The van der Waals surface area contributed by atoms with Crippen molar-refractivity contribution in [2.45, 2.75) is 77.1 Å². The lowest BCUT2D eigenvalue weighted by molar-refractivity contribution is -0.122. The van der Waals surface area contributed by atoms with Crippen molar-refractivity contribution < 1.29 is 51.2 Å². The van der Waals surface area contributed by atoms with Crippen LogP contribution in [-0.2, 0) is 4.79 Å². The Kier molecular flexibility index (Phi) is 13.7. The molecule has 2 saturated heterocycles. The number of alkyl halides is 3. The first-order valence-corrected chi connectivity index (χ1v) is 19.8. The van der Waals surface area contributed by atoms with Crippen molar-refractivity contribution >= 4 is 40.0 Å². The van der Waals surface area contributed by atoms with Crippen molar-refractivity contribution in [2.75, 3.05) is 57.9 Å². The molecule has 322 valence electrons. The molecule has 18 heteroatoms. The van der Waals surface area contributed by atoms with Crippen LogP contribution in [-0.4, -0.2) is 125 Å². The topological polar surface area (TPSA) is 153 Å². The summed E-state index contributed by atoms with van der Waals surface area (Å²) < 4.78 is 84.6. The van der Waals surface area contributed by atoms with Gasteiger partial charge in [-0.1, -0.05) is 25.8 Å². The summed E-state index contributed by atoms with van der Waals surface area (Å²) in [5.74, 6) is 0.602. The molecule has 0 radical (unpaired) electrons. The third-order valence-electron chi connectivity index (χ3n) is 11.4. The van der Waals surface area contributed by atoms with Gasteiger partial charge in [-0.15, -0.1) is 6.42 Å². The number of phenolic OH excluding ortho intramolecular Hbond substituents is 1. The molecule has 0 spiro atoms. The Balaban J connectivity index is 0.00000195. The maximum atomic E-state index is 17.4. The second-order valence-corrected chi connectivity index (χ2v) is 15.4. The number of hydrogen-bond donors (Lipinski definition) is 3. The fourth-order valence-electron chi connectivity index (χ4n) is 8.22. The molecule has 0 bridgehead atoms. The highest BCUT2D eigenvalue weighted by Gasteiger charge is 2.46. The number of carbonyl (C=O) groups is 2. The first kappa shape index (κ1) is 43.9. The maximum Gasteiger partial charge on any atom is 0.319 e. The maximum absolute atomic E-state index is 17.4. The number of methoxy groups -OCH3 is 1. The number of nitrogens with zero attached hydrogens (tertiary/aromatic N) is 6. The molecule has 3 N–H and O–H groups in total. The molecule has 4 aromatic rings. The lowest BCUT2D eigenvalue weighted by Gasteiger charge is -2.47. The van der Waals surface area contributed by atoms with Crippen LogP contribution >= 0.6 is 0 Å². The summed E-state index contributed by atoms with van der Waals surface area (Å²) in [5.41, 5.74) is -0.888. The SMILES string of the molecule is C#Cc1c(F)ccc2cc(O)cc(-c3nc(OC)c4c(N5CC(CC)N(C(=O)NCC(F)F)C(CC)C5)nc(OCC5(CN6CCC(F)CC6)CC5)nc4c3F)c12.O=CO. The van der Waals surface area contributed by atoms with Gasteiger partial charge in [0.25, 0.3) is 12.9 Å². The average molecular weight is 842 g/mol. The average Bonchev–Trinajstić information content (AvgIpc) is 4.01. The number of hydrogen-bond acceptors (Lipinski definition) is 10. The summed E-state index contributed by atoms with van der Waals surface area (Å²) in [4.78, 5) is 41.3. The van der Waals surface area contributed by atoms with Crippen molar-refractivity contribution in [3.05, 3.63) is 41.5 Å². The summed E-state index contributed by atoms with van der Waals surface area (Å²) in [5, 5.41) is 20.6. The number of pyridine rings is 1. The number of urea groups is 1. The van der Waals surface area contributed by atoms with Crippen LogP contribution in [0.1, 0.15) is 57.9 Å². The van der Waals surface area contributed by atoms with Crippen molar-refractivity contribution in [1.29, 1.82) is 0 Å². The minimum atomic E-state index is -2.71. The van der Waals surface area contributed by atoms with E-state index in [1.165, 1.54) is 31.4 Å². The molecule has 1 saturated carbocycles. The molecule has 4 heterocycles. The van der Waals surface area contributed by atoms with Gasteiger partial charge in [0.2, 0.25) is 5.88 Å². The van der Waals surface area contributed by atoms with Crippen LogP contribution in [0.25, 0.3) is 32.9 Å². The van der Waals surface area contributed by atoms with E-state index < -0.39 is 48.9 Å². The summed E-state index contributed by atoms with van der Waals surface area (Å²) in [6.45, 7) is 5.36. The highest BCUT2D eigenvalue weighted by Crippen LogP contribution is 2.48. The summed E-state index contributed by atoms with van der Waals surface area (Å²) in [6.07, 6.45) is 5.88. The number of likely N-dealkylation sites (tertiary alicyclic amines) is 1. The summed E-state index contributed by atoms with van der Waals surface area (Å²) in [7, 11) is 1.35. The van der Waals surface area contributed by atoms with Gasteiger partial charge >= 0.3 is 12.0 Å². The summed E-state index contributed by atoms with van der Waals surface area (Å²) in [6, 6.07) is 3.60. The van der Waals surface area contributed by atoms with Crippen molar-refractivity contribution in [2.24, 2.45) is 5.41 Å². The second kappa shape index (κ2) is 18.7. The van der Waals surface area contributed by atoms with Crippen LogP contribution in [0.15, 0.2) is 24.3 Å². The standard InChI is InChI=1S/C41H46F5N7O4.CH2O2/c1-5-25-19-52(20-26(6-2)53(25)40(55)47-18-31(44)45)37-33-36(49-39(50-37)57-22-41(12-13-41)21-51-14-10-24(42)11-15-51)34(46)35(48-38(33)56-4)29-17-27(54)16-23-8-9-30(43)28(7-3)32(23)29;2-1-3/h3,8-9,16-17,24-26,31,54H,5-6,10-15,18-22H2,1-2,4H3,(H,47,55);1H,(H,2,3). The lowest BCUT2D eigenvalue weighted by Crippen LogP contribution is -2.62. The number of ether oxygens (including phenoxy) is 2. The van der Waals surface area contributed by atoms with E-state index in [9.17, 15) is 23.1 Å². The first-order chi connectivity index (χ1) is 28.8. The van der Waals surface area contributed by atoms with Gasteiger partial charge < -0.3 is 39.7 Å². The van der Waals surface area contributed by atoms with Crippen molar-refractivity contribution in [3.63, 3.8) is 0 Å². The van der Waals surface area contributed by atoms with Crippen molar-refractivity contribution in [3.8, 4) is 41.2 Å². The number of nitrogens with one attached hydrogen (secondary N) is 1. The molecule has 7 rings (SSSR count). The van der Waals surface area contributed by atoms with Crippen molar-refractivity contribution in [1.82, 2.24) is 30.1 Å². The highest BCUT2D eigenvalue weighted by molar-refractivity contribution is 6.04. The number of aromatic hydroxyl groups is 1. The number of rotatable bonds is 12. The van der Waals surface area contributed by atoms with Gasteiger partial charge in [0, 0.05) is 49.1 Å². The number of amides is 2. The normalized spacial score (nSPS) is 19.1. The van der Waals surface area contributed by atoms with Gasteiger partial charge in [0.05, 0.1) is 37.9 Å². The highest BCUT2D eigenvalue weighted by atomic mass is 19.3. The predicted octanol–water partition coefficient (Wildman–Crippen LogP) is 6.77. The van der Waals surface area contributed by atoms with Gasteiger partial charge in [0.15, 0.2) is 5.82 Å². The number of fused-ring (bicyclic) bond motifs is 2. The zero-order valence-electron chi connectivity index (χ0n) is 33.6. The number of piperidine rings is 1. The van der Waals surface area contributed by atoms with E-state index in [1.807, 2.05) is 18.7 Å². The molecule has 2 aromatic heterocycles. The molecular formula is C42H48F5N7O6. The fourth-order valence-corrected chi connectivity index (χ4v) is 8.22. The van der Waals surface area contributed by atoms with Crippen LogP contribution in [0.2, 0.25) is 0 Å². The number of benzene rings is 2. The first-order valence-electron chi connectivity index (χ1n) is 19.8. The quantitative estimate of drug-likeness (QED) is 0.0788. The predicted molar refractivity (Wildman–Crippen MR) is 214 cm³/mol. The number of phenols is 1. The molecule has 3 fully saturated rings. The van der Waals surface area contributed by atoms with E-state index in [4.69, 9.17) is 30.8 Å². The second-order valence-electron chi connectivity index (χ2n) is 15.4. The molecule has 2 amide bonds. The zero-order chi connectivity index (χ0) is 43.3. The Morgan fingerprint density at radius 2 is 1.75 bits per heavy atom. The number of carboxylic acid groups (broad SMARTS) is 1. The van der Waals surface area contributed by atoms with Crippen LogP contribution in [0, 0.1) is 29.4 Å². The zero-order valence-corrected chi connectivity index (χ0v) is 33.6. The van der Waals surface area contributed by atoms with Crippen LogP contribution in [0.4, 0.5) is 32.6 Å². The molecule has 60 heavy (non-hydrogen) atoms. The largest absolute Gasteiger partial charge is 0.508 e. The number of halogens is 5. The third kappa shape index (κ3) is 9.20. The smallest absolute Gasteiger partial charge is 0.319 e. The number of carbonyl (C=O) groups excluding carboxylic acids is 1.